The van der Waals surface area contributed by atoms with E-state index in [0.717, 1.165) is 31.4 Å². The van der Waals surface area contributed by atoms with Crippen LogP contribution in [0.3, 0.4) is 0 Å². The molecule has 17 heavy (non-hydrogen) atoms. The molecule has 0 spiro atoms. The second-order valence-corrected chi connectivity index (χ2v) is 4.55. The summed E-state index contributed by atoms with van der Waals surface area (Å²) in [4.78, 5) is 12.2. The maximum absolute atomic E-state index is 12.2. The Balaban J connectivity index is 2.12. The quantitative estimate of drug-likeness (QED) is 0.817. The molecular formula is C14H18O3. The van der Waals surface area contributed by atoms with E-state index in [1.165, 1.54) is 0 Å². The Labute approximate surface area is 101 Å². The van der Waals surface area contributed by atoms with Crippen molar-refractivity contribution >= 4 is 5.78 Å². The van der Waals surface area contributed by atoms with Crippen LogP contribution in [0.4, 0.5) is 0 Å². The average Bonchev–Trinajstić information content (AvgIpc) is 2.39. The summed E-state index contributed by atoms with van der Waals surface area (Å²) in [6.45, 7) is 0. The molecule has 1 aliphatic carbocycles. The van der Waals surface area contributed by atoms with Gasteiger partial charge >= 0.3 is 0 Å². The second-order valence-electron chi connectivity index (χ2n) is 4.55. The van der Waals surface area contributed by atoms with Gasteiger partial charge in [0.2, 0.25) is 0 Å². The number of aliphatic hydroxyl groups excluding tert-OH is 1. The van der Waals surface area contributed by atoms with Gasteiger partial charge in [-0.25, -0.2) is 0 Å². The molecule has 1 fully saturated rings. The lowest BCUT2D eigenvalue weighted by molar-refractivity contribution is 0.0525. The van der Waals surface area contributed by atoms with E-state index in [1.807, 2.05) is 0 Å². The molecule has 0 radical (unpaired) electrons. The number of methoxy groups -OCH3 is 1. The molecule has 0 unspecified atom stereocenters. The van der Waals surface area contributed by atoms with Crippen LogP contribution in [0.5, 0.6) is 5.75 Å². The summed E-state index contributed by atoms with van der Waals surface area (Å²) in [5.74, 6) is 0.572. The molecule has 1 saturated carbocycles. The van der Waals surface area contributed by atoms with E-state index < -0.39 is 6.10 Å². The third kappa shape index (κ3) is 2.67. The molecule has 3 heteroatoms. The Morgan fingerprint density at radius 3 is 2.47 bits per heavy atom. The van der Waals surface area contributed by atoms with Gasteiger partial charge in [0.15, 0.2) is 5.78 Å². The molecule has 1 aromatic rings. The number of ether oxygens (including phenoxy) is 1. The van der Waals surface area contributed by atoms with Crippen molar-refractivity contribution < 1.29 is 14.6 Å². The average molecular weight is 234 g/mol. The van der Waals surface area contributed by atoms with Gasteiger partial charge in [0.25, 0.3) is 0 Å². The maximum atomic E-state index is 12.2. The molecule has 1 aliphatic rings. The highest BCUT2D eigenvalue weighted by molar-refractivity contribution is 5.98. The molecule has 1 N–H and O–H groups in total. The zero-order valence-electron chi connectivity index (χ0n) is 10.1. The highest BCUT2D eigenvalue weighted by atomic mass is 16.5. The van der Waals surface area contributed by atoms with Gasteiger partial charge in [-0.15, -0.1) is 0 Å². The number of carbonyl (C=O) groups is 1. The molecule has 3 nitrogen and oxygen atoms in total. The standard InChI is InChI=1S/C14H18O3/c1-17-11-8-6-10(7-9-11)14(16)12-4-2-3-5-13(12)15/h6-9,12-13,15H,2-5H2,1H3/t12-,13+/m0/s1. The van der Waals surface area contributed by atoms with E-state index in [-0.39, 0.29) is 11.7 Å². The minimum atomic E-state index is -0.474. The summed E-state index contributed by atoms with van der Waals surface area (Å²) in [7, 11) is 1.60. The highest BCUT2D eigenvalue weighted by Gasteiger charge is 2.29. The lowest BCUT2D eigenvalue weighted by Gasteiger charge is -2.26. The lowest BCUT2D eigenvalue weighted by atomic mass is 9.81. The molecule has 0 amide bonds. The summed E-state index contributed by atoms with van der Waals surface area (Å²) in [6, 6.07) is 7.09. The summed E-state index contributed by atoms with van der Waals surface area (Å²) < 4.78 is 5.05. The van der Waals surface area contributed by atoms with E-state index in [4.69, 9.17) is 4.74 Å². The van der Waals surface area contributed by atoms with Gasteiger partial charge < -0.3 is 9.84 Å². The van der Waals surface area contributed by atoms with E-state index in [2.05, 4.69) is 0 Å². The molecule has 0 aromatic heterocycles. The number of hydrogen-bond donors (Lipinski definition) is 1. The fraction of sp³-hybridized carbons (Fsp3) is 0.500. The fourth-order valence-corrected chi connectivity index (χ4v) is 2.39. The van der Waals surface area contributed by atoms with Crippen molar-refractivity contribution in [3.8, 4) is 5.75 Å². The van der Waals surface area contributed by atoms with Crippen LogP contribution in [0.25, 0.3) is 0 Å². The minimum absolute atomic E-state index is 0.0554. The van der Waals surface area contributed by atoms with Gasteiger partial charge in [-0.3, -0.25) is 4.79 Å². The number of ketones is 1. The molecule has 0 saturated heterocycles. The summed E-state index contributed by atoms with van der Waals surface area (Å²) in [5.41, 5.74) is 0.664. The Kier molecular flexibility index (Phi) is 3.79. The van der Waals surface area contributed by atoms with Crippen LogP contribution in [0, 0.1) is 5.92 Å². The Hall–Kier alpha value is -1.35. The molecule has 0 bridgehead atoms. The molecule has 1 aromatic carbocycles. The van der Waals surface area contributed by atoms with Gasteiger partial charge in [0, 0.05) is 11.5 Å². The summed E-state index contributed by atoms with van der Waals surface area (Å²) in [6.07, 6.45) is 3.12. The normalized spacial score (nSPS) is 24.4. The number of Topliss-reactive ketones (excluding diaryl/α,β-unsaturated/α-hetero) is 1. The number of aliphatic hydroxyl groups is 1. The van der Waals surface area contributed by atoms with Gasteiger partial charge in [0.1, 0.15) is 5.75 Å². The van der Waals surface area contributed by atoms with Crippen LogP contribution in [0.2, 0.25) is 0 Å². The van der Waals surface area contributed by atoms with E-state index >= 15 is 0 Å². The van der Waals surface area contributed by atoms with Crippen LogP contribution in [0.15, 0.2) is 24.3 Å². The molecule has 2 atom stereocenters. The maximum Gasteiger partial charge on any atom is 0.168 e. The fourth-order valence-electron chi connectivity index (χ4n) is 2.39. The largest absolute Gasteiger partial charge is 0.497 e. The van der Waals surface area contributed by atoms with Crippen molar-refractivity contribution in [2.45, 2.75) is 31.8 Å². The molecule has 0 heterocycles. The molecular weight excluding hydrogens is 216 g/mol. The van der Waals surface area contributed by atoms with Gasteiger partial charge in [-0.05, 0) is 37.1 Å². The van der Waals surface area contributed by atoms with Gasteiger partial charge in [0.05, 0.1) is 13.2 Å². The number of rotatable bonds is 3. The van der Waals surface area contributed by atoms with Gasteiger partial charge in [-0.2, -0.15) is 0 Å². The minimum Gasteiger partial charge on any atom is -0.497 e. The van der Waals surface area contributed by atoms with Crippen LogP contribution >= 0.6 is 0 Å². The Morgan fingerprint density at radius 2 is 1.88 bits per heavy atom. The summed E-state index contributed by atoms with van der Waals surface area (Å²) >= 11 is 0. The third-order valence-corrected chi connectivity index (χ3v) is 3.44. The number of hydrogen-bond acceptors (Lipinski definition) is 3. The molecule has 2 rings (SSSR count). The van der Waals surface area contributed by atoms with Crippen LogP contribution in [0.1, 0.15) is 36.0 Å². The smallest absolute Gasteiger partial charge is 0.168 e. The van der Waals surface area contributed by atoms with Crippen molar-refractivity contribution in [1.29, 1.82) is 0 Å². The van der Waals surface area contributed by atoms with Crippen LogP contribution < -0.4 is 4.74 Å². The molecule has 92 valence electrons. The first-order valence-corrected chi connectivity index (χ1v) is 6.08. The van der Waals surface area contributed by atoms with Crippen molar-refractivity contribution in [3.63, 3.8) is 0 Å². The van der Waals surface area contributed by atoms with Crippen molar-refractivity contribution in [1.82, 2.24) is 0 Å². The monoisotopic (exact) mass is 234 g/mol. The zero-order chi connectivity index (χ0) is 12.3. The SMILES string of the molecule is COc1ccc(C(=O)[C@H]2CCCC[C@H]2O)cc1. The predicted octanol–water partition coefficient (Wildman–Crippen LogP) is 2.43. The number of carbonyl (C=O) groups excluding carboxylic acids is 1. The zero-order valence-corrected chi connectivity index (χ0v) is 10.1. The third-order valence-electron chi connectivity index (χ3n) is 3.44. The van der Waals surface area contributed by atoms with Gasteiger partial charge in [-0.1, -0.05) is 12.8 Å². The lowest BCUT2D eigenvalue weighted by Crippen LogP contribution is -2.31. The first-order chi connectivity index (χ1) is 8.22. The van der Waals surface area contributed by atoms with Crippen molar-refractivity contribution in [2.75, 3.05) is 7.11 Å². The van der Waals surface area contributed by atoms with Crippen LogP contribution in [-0.2, 0) is 0 Å². The Morgan fingerprint density at radius 1 is 1.24 bits per heavy atom. The second kappa shape index (κ2) is 5.32. The van der Waals surface area contributed by atoms with E-state index in [9.17, 15) is 9.90 Å². The number of benzene rings is 1. The van der Waals surface area contributed by atoms with E-state index in [0.29, 0.717) is 5.56 Å². The molecule has 0 aliphatic heterocycles. The van der Waals surface area contributed by atoms with Crippen LogP contribution in [-0.4, -0.2) is 24.1 Å². The Bertz CT molecular complexity index is 383. The van der Waals surface area contributed by atoms with Crippen molar-refractivity contribution in [2.24, 2.45) is 5.92 Å². The predicted molar refractivity (Wildman–Crippen MR) is 65.3 cm³/mol. The summed E-state index contributed by atoms with van der Waals surface area (Å²) in [5, 5.41) is 9.86. The van der Waals surface area contributed by atoms with Crippen molar-refractivity contribution in [3.05, 3.63) is 29.8 Å². The first kappa shape index (κ1) is 12.1. The highest BCUT2D eigenvalue weighted by Crippen LogP contribution is 2.27. The first-order valence-electron chi connectivity index (χ1n) is 6.08. The topological polar surface area (TPSA) is 46.5 Å². The van der Waals surface area contributed by atoms with E-state index in [1.54, 1.807) is 31.4 Å².